The zero-order chi connectivity index (χ0) is 20.5. The zero-order valence-corrected chi connectivity index (χ0v) is 19.7. The summed E-state index contributed by atoms with van der Waals surface area (Å²) < 4.78 is 0. The van der Waals surface area contributed by atoms with Gasteiger partial charge in [0.15, 0.2) is 0 Å². The van der Waals surface area contributed by atoms with Gasteiger partial charge in [-0.2, -0.15) is 0 Å². The van der Waals surface area contributed by atoms with Gasteiger partial charge in [-0.3, -0.25) is 0 Å². The summed E-state index contributed by atoms with van der Waals surface area (Å²) in [5.41, 5.74) is 0. The largest absolute Gasteiger partial charge is 0.396 e. The van der Waals surface area contributed by atoms with Gasteiger partial charge in [0.05, 0.1) is 0 Å². The van der Waals surface area contributed by atoms with Crippen molar-refractivity contribution < 1.29 is 5.11 Å². The molecular formula is C23H54N2O. The summed E-state index contributed by atoms with van der Waals surface area (Å²) in [5, 5.41) is 8.20. The Labute approximate surface area is 167 Å². The van der Waals surface area contributed by atoms with Crippen LogP contribution in [0, 0.1) is 0 Å². The van der Waals surface area contributed by atoms with E-state index in [2.05, 4.69) is 58.3 Å². The predicted molar refractivity (Wildman–Crippen MR) is 121 cm³/mol. The number of aliphatic hydroxyl groups excluding tert-OH is 1. The summed E-state index contributed by atoms with van der Waals surface area (Å²) in [5.74, 6) is 0. The van der Waals surface area contributed by atoms with Gasteiger partial charge in [-0.1, -0.05) is 61.3 Å². The molecule has 0 aromatic heterocycles. The quantitative estimate of drug-likeness (QED) is 0.345. The van der Waals surface area contributed by atoms with Crippen LogP contribution in [0.2, 0.25) is 0 Å². The molecule has 0 radical (unpaired) electrons. The molecule has 0 rings (SSSR count). The van der Waals surface area contributed by atoms with E-state index in [1.807, 2.05) is 0 Å². The Kier molecular flexibility index (Phi) is 34.9. The molecule has 0 aromatic rings. The van der Waals surface area contributed by atoms with Crippen LogP contribution in [0.3, 0.4) is 0 Å². The molecule has 3 heteroatoms. The van der Waals surface area contributed by atoms with Gasteiger partial charge in [0.2, 0.25) is 0 Å². The zero-order valence-electron chi connectivity index (χ0n) is 19.7. The summed E-state index contributed by atoms with van der Waals surface area (Å²) in [6.45, 7) is 23.6. The highest BCUT2D eigenvalue weighted by Gasteiger charge is 1.99. The first-order valence-electron chi connectivity index (χ1n) is 11.7. The third-order valence-electron chi connectivity index (χ3n) is 4.00. The van der Waals surface area contributed by atoms with Crippen molar-refractivity contribution in [2.45, 2.75) is 106 Å². The SMILES string of the molecule is CCCCCO.CCCN(CCC)CCC.CCCN(CCC)CCC. The third kappa shape index (κ3) is 28.7. The molecule has 0 aromatic carbocycles. The molecule has 0 aliphatic rings. The second kappa shape index (κ2) is 29.6. The first-order chi connectivity index (χ1) is 12.6. The van der Waals surface area contributed by atoms with E-state index in [0.29, 0.717) is 6.61 Å². The van der Waals surface area contributed by atoms with Gasteiger partial charge in [0.25, 0.3) is 0 Å². The highest BCUT2D eigenvalue weighted by molar-refractivity contribution is 4.54. The van der Waals surface area contributed by atoms with Crippen LogP contribution in [0.4, 0.5) is 0 Å². The fraction of sp³-hybridized carbons (Fsp3) is 1.00. The molecule has 0 amide bonds. The number of unbranched alkanes of at least 4 members (excludes halogenated alkanes) is 2. The smallest absolute Gasteiger partial charge is 0.0431 e. The van der Waals surface area contributed by atoms with E-state index in [4.69, 9.17) is 5.11 Å². The summed E-state index contributed by atoms with van der Waals surface area (Å²) in [4.78, 5) is 5.08. The highest BCUT2D eigenvalue weighted by Crippen LogP contribution is 1.95. The molecule has 26 heavy (non-hydrogen) atoms. The van der Waals surface area contributed by atoms with Crippen LogP contribution in [0.1, 0.15) is 106 Å². The number of hydrogen-bond acceptors (Lipinski definition) is 3. The molecule has 1 N–H and O–H groups in total. The Balaban J connectivity index is -0.000000316. The number of hydrogen-bond donors (Lipinski definition) is 1. The average molecular weight is 375 g/mol. The standard InChI is InChI=1S/2C9H21N.C5H12O/c2*1-4-7-10(8-5-2)9-6-3;1-2-3-4-5-6/h2*4-9H2,1-3H3;6H,2-5H2,1H3. The first-order valence-corrected chi connectivity index (χ1v) is 11.7. The van der Waals surface area contributed by atoms with Crippen LogP contribution in [-0.4, -0.2) is 60.8 Å². The maximum Gasteiger partial charge on any atom is 0.0431 e. The average Bonchev–Trinajstić information content (AvgIpc) is 2.62. The lowest BCUT2D eigenvalue weighted by molar-refractivity contribution is 0.275. The van der Waals surface area contributed by atoms with Crippen LogP contribution in [0.25, 0.3) is 0 Å². The molecule has 0 unspecified atom stereocenters. The van der Waals surface area contributed by atoms with Crippen molar-refractivity contribution in [3.05, 3.63) is 0 Å². The van der Waals surface area contributed by atoms with Gasteiger partial charge < -0.3 is 14.9 Å². The second-order valence-electron chi connectivity index (χ2n) is 7.11. The van der Waals surface area contributed by atoms with Crippen LogP contribution < -0.4 is 0 Å². The summed E-state index contributed by atoms with van der Waals surface area (Å²) in [6, 6.07) is 0. The molecule has 0 saturated carbocycles. The van der Waals surface area contributed by atoms with Gasteiger partial charge in [0, 0.05) is 6.61 Å². The molecule has 0 spiro atoms. The monoisotopic (exact) mass is 374 g/mol. The first kappa shape index (κ1) is 30.6. The Bertz CT molecular complexity index is 162. The van der Waals surface area contributed by atoms with Gasteiger partial charge in [-0.25, -0.2) is 0 Å². The predicted octanol–water partition coefficient (Wildman–Crippen LogP) is 6.21. The molecule has 0 aliphatic heterocycles. The van der Waals surface area contributed by atoms with Crippen LogP contribution in [0.5, 0.6) is 0 Å². The third-order valence-corrected chi connectivity index (χ3v) is 4.00. The number of aliphatic hydroxyl groups is 1. The minimum atomic E-state index is 0.355. The molecule has 0 atom stereocenters. The molecule has 162 valence electrons. The van der Waals surface area contributed by atoms with E-state index >= 15 is 0 Å². The van der Waals surface area contributed by atoms with Crippen molar-refractivity contribution in [3.63, 3.8) is 0 Å². The Morgan fingerprint density at radius 3 is 0.808 bits per heavy atom. The summed E-state index contributed by atoms with van der Waals surface area (Å²) in [7, 11) is 0. The van der Waals surface area contributed by atoms with Gasteiger partial charge in [0.1, 0.15) is 0 Å². The van der Waals surface area contributed by atoms with Gasteiger partial charge in [-0.15, -0.1) is 0 Å². The maximum atomic E-state index is 8.20. The Morgan fingerprint density at radius 1 is 0.423 bits per heavy atom. The van der Waals surface area contributed by atoms with Crippen molar-refractivity contribution in [3.8, 4) is 0 Å². The molecule has 0 fully saturated rings. The van der Waals surface area contributed by atoms with E-state index in [9.17, 15) is 0 Å². The van der Waals surface area contributed by atoms with Crippen LogP contribution >= 0.6 is 0 Å². The fourth-order valence-electron chi connectivity index (χ4n) is 2.93. The lowest BCUT2D eigenvalue weighted by atomic mass is 10.3. The van der Waals surface area contributed by atoms with Crippen molar-refractivity contribution in [2.24, 2.45) is 0 Å². The van der Waals surface area contributed by atoms with Crippen molar-refractivity contribution in [1.82, 2.24) is 9.80 Å². The normalized spacial score (nSPS) is 10.4. The fourth-order valence-corrected chi connectivity index (χ4v) is 2.93. The maximum absolute atomic E-state index is 8.20. The molecule has 0 aliphatic carbocycles. The van der Waals surface area contributed by atoms with Crippen LogP contribution in [-0.2, 0) is 0 Å². The van der Waals surface area contributed by atoms with E-state index in [-0.39, 0.29) is 0 Å². The lowest BCUT2D eigenvalue weighted by Crippen LogP contribution is -2.26. The molecule has 3 nitrogen and oxygen atoms in total. The minimum absolute atomic E-state index is 0.355. The summed E-state index contributed by atoms with van der Waals surface area (Å²) >= 11 is 0. The van der Waals surface area contributed by atoms with Gasteiger partial charge >= 0.3 is 0 Å². The molecule has 0 saturated heterocycles. The Morgan fingerprint density at radius 2 is 0.692 bits per heavy atom. The van der Waals surface area contributed by atoms with E-state index in [1.54, 1.807) is 0 Å². The number of nitrogens with zero attached hydrogens (tertiary/aromatic N) is 2. The van der Waals surface area contributed by atoms with Crippen molar-refractivity contribution in [2.75, 3.05) is 45.9 Å². The van der Waals surface area contributed by atoms with Gasteiger partial charge in [-0.05, 0) is 84.2 Å². The molecule has 0 bridgehead atoms. The van der Waals surface area contributed by atoms with Crippen molar-refractivity contribution in [1.29, 1.82) is 0 Å². The topological polar surface area (TPSA) is 26.7 Å². The van der Waals surface area contributed by atoms with E-state index in [1.165, 1.54) is 84.2 Å². The second-order valence-corrected chi connectivity index (χ2v) is 7.11. The Hall–Kier alpha value is -0.120. The lowest BCUT2D eigenvalue weighted by Gasteiger charge is -2.19. The molecular weight excluding hydrogens is 320 g/mol. The van der Waals surface area contributed by atoms with Crippen LogP contribution in [0.15, 0.2) is 0 Å². The highest BCUT2D eigenvalue weighted by atomic mass is 16.2. The number of rotatable bonds is 15. The van der Waals surface area contributed by atoms with E-state index in [0.717, 1.165) is 12.8 Å². The van der Waals surface area contributed by atoms with E-state index < -0.39 is 0 Å². The van der Waals surface area contributed by atoms with Crippen molar-refractivity contribution >= 4 is 0 Å². The minimum Gasteiger partial charge on any atom is -0.396 e. The molecule has 0 heterocycles. The summed E-state index contributed by atoms with van der Waals surface area (Å²) in [6.07, 6.45) is 11.1.